The second-order valence-corrected chi connectivity index (χ2v) is 3.19. The van der Waals surface area contributed by atoms with Gasteiger partial charge in [0.15, 0.2) is 11.5 Å². The molecule has 1 rings (SSSR count). The van der Waals surface area contributed by atoms with E-state index in [0.29, 0.717) is 5.56 Å². The van der Waals surface area contributed by atoms with Crippen molar-refractivity contribution in [2.24, 2.45) is 0 Å². The monoisotopic (exact) mass is 226 g/mol. The van der Waals surface area contributed by atoms with Crippen LogP contribution in [0.4, 0.5) is 0 Å². The molecule has 16 heavy (non-hydrogen) atoms. The lowest BCUT2D eigenvalue weighted by atomic mass is 10.1. The van der Waals surface area contributed by atoms with Crippen molar-refractivity contribution in [3.8, 4) is 17.2 Å². The topological polar surface area (TPSA) is 76.0 Å². The molecule has 1 aromatic carbocycles. The first-order chi connectivity index (χ1) is 7.52. The molecule has 0 atom stereocenters. The van der Waals surface area contributed by atoms with E-state index in [1.165, 1.54) is 13.2 Å². The van der Waals surface area contributed by atoms with Crippen LogP contribution in [-0.4, -0.2) is 29.9 Å². The van der Waals surface area contributed by atoms with Crippen LogP contribution in [0, 0.1) is 6.92 Å². The molecule has 5 heteroatoms. The largest absolute Gasteiger partial charge is 0.504 e. The molecule has 0 bridgehead atoms. The van der Waals surface area contributed by atoms with Gasteiger partial charge in [-0.15, -0.1) is 0 Å². The van der Waals surface area contributed by atoms with Crippen molar-refractivity contribution in [3.63, 3.8) is 0 Å². The molecule has 0 saturated heterocycles. The molecule has 0 heterocycles. The zero-order valence-electron chi connectivity index (χ0n) is 9.40. The average molecular weight is 226 g/mol. The number of hydrogen-bond acceptors (Lipinski definition) is 5. The van der Waals surface area contributed by atoms with E-state index in [9.17, 15) is 15.0 Å². The Hall–Kier alpha value is -1.91. The van der Waals surface area contributed by atoms with E-state index in [0.717, 1.165) is 0 Å². The maximum absolute atomic E-state index is 11.5. The highest BCUT2D eigenvalue weighted by atomic mass is 16.5. The minimum absolute atomic E-state index is 0.0415. The first-order valence-corrected chi connectivity index (χ1v) is 4.79. The van der Waals surface area contributed by atoms with Crippen molar-refractivity contribution < 1.29 is 24.5 Å². The molecule has 0 unspecified atom stereocenters. The van der Waals surface area contributed by atoms with Gasteiger partial charge in [0.1, 0.15) is 5.56 Å². The summed E-state index contributed by atoms with van der Waals surface area (Å²) in [5, 5.41) is 19.2. The standard InChI is InChI=1S/C11H14O5/c1-4-16-11(14)8-6(2)5-7(15-3)9(12)10(8)13/h5,12-13H,4H2,1-3H3. The smallest absolute Gasteiger partial charge is 0.342 e. The van der Waals surface area contributed by atoms with Crippen LogP contribution in [0.5, 0.6) is 17.2 Å². The minimum Gasteiger partial charge on any atom is -0.504 e. The molecule has 0 spiro atoms. The van der Waals surface area contributed by atoms with E-state index >= 15 is 0 Å². The molecule has 0 aromatic heterocycles. The first kappa shape index (κ1) is 12.2. The maximum atomic E-state index is 11.5. The summed E-state index contributed by atoms with van der Waals surface area (Å²) in [5.41, 5.74) is 0.436. The predicted octanol–water partition coefficient (Wildman–Crippen LogP) is 1.59. The number of ether oxygens (including phenoxy) is 2. The van der Waals surface area contributed by atoms with Gasteiger partial charge in [0.05, 0.1) is 13.7 Å². The number of carbonyl (C=O) groups is 1. The van der Waals surface area contributed by atoms with Gasteiger partial charge in [-0.1, -0.05) is 0 Å². The molecule has 5 nitrogen and oxygen atoms in total. The Morgan fingerprint density at radius 2 is 2.00 bits per heavy atom. The third-order valence-electron chi connectivity index (χ3n) is 2.14. The van der Waals surface area contributed by atoms with E-state index in [4.69, 9.17) is 9.47 Å². The number of phenolic OH excluding ortho intramolecular Hbond substituents is 2. The van der Waals surface area contributed by atoms with Gasteiger partial charge >= 0.3 is 5.97 Å². The van der Waals surface area contributed by atoms with Crippen LogP contribution in [0.25, 0.3) is 0 Å². The molecule has 0 saturated carbocycles. The fraction of sp³-hybridized carbons (Fsp3) is 0.364. The molecule has 1 aromatic rings. The summed E-state index contributed by atoms with van der Waals surface area (Å²) >= 11 is 0. The Kier molecular flexibility index (Phi) is 3.60. The van der Waals surface area contributed by atoms with Crippen molar-refractivity contribution >= 4 is 5.97 Å². The molecule has 0 amide bonds. The molecular weight excluding hydrogens is 212 g/mol. The van der Waals surface area contributed by atoms with Gasteiger partial charge in [0.25, 0.3) is 0 Å². The zero-order chi connectivity index (χ0) is 12.3. The molecular formula is C11H14O5. The van der Waals surface area contributed by atoms with Crippen LogP contribution >= 0.6 is 0 Å². The summed E-state index contributed by atoms with van der Waals surface area (Å²) in [6.07, 6.45) is 0. The van der Waals surface area contributed by atoms with Gasteiger partial charge in [0, 0.05) is 0 Å². The lowest BCUT2D eigenvalue weighted by Gasteiger charge is -2.12. The number of esters is 1. The van der Waals surface area contributed by atoms with Crippen LogP contribution in [0.2, 0.25) is 0 Å². The van der Waals surface area contributed by atoms with Crippen LogP contribution in [0.1, 0.15) is 22.8 Å². The van der Waals surface area contributed by atoms with Gasteiger partial charge < -0.3 is 19.7 Å². The number of hydrogen-bond donors (Lipinski definition) is 2. The summed E-state index contributed by atoms with van der Waals surface area (Å²) in [7, 11) is 1.36. The second-order valence-electron chi connectivity index (χ2n) is 3.19. The average Bonchev–Trinajstić information content (AvgIpc) is 2.24. The molecule has 2 N–H and O–H groups in total. The SMILES string of the molecule is CCOC(=O)c1c(C)cc(OC)c(O)c1O. The number of aromatic hydroxyl groups is 2. The van der Waals surface area contributed by atoms with E-state index in [1.54, 1.807) is 13.8 Å². The summed E-state index contributed by atoms with van der Waals surface area (Å²) in [4.78, 5) is 11.5. The molecule has 0 fully saturated rings. The van der Waals surface area contributed by atoms with Crippen LogP contribution in [0.3, 0.4) is 0 Å². The minimum atomic E-state index is -0.671. The van der Waals surface area contributed by atoms with Gasteiger partial charge in [-0.3, -0.25) is 0 Å². The third kappa shape index (κ3) is 2.03. The van der Waals surface area contributed by atoms with Crippen LogP contribution < -0.4 is 4.74 Å². The number of benzene rings is 1. The Bertz CT molecular complexity index is 411. The summed E-state index contributed by atoms with van der Waals surface area (Å²) in [5.74, 6) is -1.54. The van der Waals surface area contributed by atoms with E-state index in [-0.39, 0.29) is 17.9 Å². The number of methoxy groups -OCH3 is 1. The first-order valence-electron chi connectivity index (χ1n) is 4.79. The highest BCUT2D eigenvalue weighted by Gasteiger charge is 2.21. The third-order valence-corrected chi connectivity index (χ3v) is 2.14. The molecule has 0 aliphatic rings. The number of carbonyl (C=O) groups excluding carboxylic acids is 1. The number of phenols is 2. The van der Waals surface area contributed by atoms with Crippen molar-refractivity contribution in [2.75, 3.05) is 13.7 Å². The fourth-order valence-electron chi connectivity index (χ4n) is 1.38. The van der Waals surface area contributed by atoms with E-state index < -0.39 is 17.5 Å². The Morgan fingerprint density at radius 1 is 1.38 bits per heavy atom. The lowest BCUT2D eigenvalue weighted by Crippen LogP contribution is -2.07. The summed E-state index contributed by atoms with van der Waals surface area (Å²) in [6.45, 7) is 3.48. The van der Waals surface area contributed by atoms with Gasteiger partial charge in [-0.05, 0) is 25.5 Å². The van der Waals surface area contributed by atoms with E-state index in [2.05, 4.69) is 0 Å². The highest BCUT2D eigenvalue weighted by molar-refractivity contribution is 5.95. The van der Waals surface area contributed by atoms with Crippen LogP contribution in [-0.2, 0) is 4.74 Å². The number of aryl methyl sites for hydroxylation is 1. The molecule has 88 valence electrons. The lowest BCUT2D eigenvalue weighted by molar-refractivity contribution is 0.0521. The van der Waals surface area contributed by atoms with Crippen LogP contribution in [0.15, 0.2) is 6.07 Å². The summed E-state index contributed by atoms with van der Waals surface area (Å²) in [6, 6.07) is 1.46. The summed E-state index contributed by atoms with van der Waals surface area (Å²) < 4.78 is 9.61. The quantitative estimate of drug-likeness (QED) is 0.604. The zero-order valence-corrected chi connectivity index (χ0v) is 9.40. The Labute approximate surface area is 93.2 Å². The molecule has 0 aliphatic heterocycles. The number of rotatable bonds is 3. The van der Waals surface area contributed by atoms with Crippen molar-refractivity contribution in [1.29, 1.82) is 0 Å². The van der Waals surface area contributed by atoms with Crippen molar-refractivity contribution in [2.45, 2.75) is 13.8 Å². The van der Waals surface area contributed by atoms with Gasteiger partial charge in [-0.2, -0.15) is 0 Å². The second kappa shape index (κ2) is 4.74. The molecule has 0 aliphatic carbocycles. The Balaban J connectivity index is 3.30. The van der Waals surface area contributed by atoms with E-state index in [1.807, 2.05) is 0 Å². The predicted molar refractivity (Wildman–Crippen MR) is 57.0 cm³/mol. The van der Waals surface area contributed by atoms with Crippen molar-refractivity contribution in [1.82, 2.24) is 0 Å². The maximum Gasteiger partial charge on any atom is 0.342 e. The highest BCUT2D eigenvalue weighted by Crippen LogP contribution is 2.40. The fourth-order valence-corrected chi connectivity index (χ4v) is 1.38. The van der Waals surface area contributed by atoms with Gasteiger partial charge in [-0.25, -0.2) is 4.79 Å². The Morgan fingerprint density at radius 3 is 2.50 bits per heavy atom. The van der Waals surface area contributed by atoms with Gasteiger partial charge in [0.2, 0.25) is 5.75 Å². The normalized spacial score (nSPS) is 9.94. The van der Waals surface area contributed by atoms with Crippen molar-refractivity contribution in [3.05, 3.63) is 17.2 Å². The molecule has 0 radical (unpaired) electrons.